The third-order valence-electron chi connectivity index (χ3n) is 5.29. The molecule has 0 aliphatic heterocycles. The van der Waals surface area contributed by atoms with Gasteiger partial charge < -0.3 is 0 Å². The number of rotatable bonds is 1. The fourth-order valence-electron chi connectivity index (χ4n) is 4.39. The van der Waals surface area contributed by atoms with Crippen molar-refractivity contribution in [3.05, 3.63) is 19.1 Å². The fraction of sp³-hybridized carbons (Fsp3) is 0.850. The first kappa shape index (κ1) is 17.8. The summed E-state index contributed by atoms with van der Waals surface area (Å²) in [5.41, 5.74) is 1.01. The highest BCUT2D eigenvalue weighted by Gasteiger charge is 2.49. The van der Waals surface area contributed by atoms with Gasteiger partial charge in [-0.15, -0.1) is 6.58 Å². The average molecular weight is 278 g/mol. The third-order valence-corrected chi connectivity index (χ3v) is 5.29. The molecule has 1 fully saturated rings. The number of hydrogen-bond donors (Lipinski definition) is 0. The van der Waals surface area contributed by atoms with Crippen LogP contribution in [0.3, 0.4) is 0 Å². The molecule has 1 aliphatic rings. The van der Waals surface area contributed by atoms with Gasteiger partial charge in [0.1, 0.15) is 0 Å². The molecule has 0 N–H and O–H groups in total. The second kappa shape index (κ2) is 5.50. The molecule has 1 aliphatic carbocycles. The molecular weight excluding hydrogens is 240 g/mol. The fourth-order valence-corrected chi connectivity index (χ4v) is 4.39. The Morgan fingerprint density at radius 2 is 1.35 bits per heavy atom. The zero-order valence-corrected chi connectivity index (χ0v) is 15.4. The van der Waals surface area contributed by atoms with Crippen LogP contribution < -0.4 is 0 Å². The van der Waals surface area contributed by atoms with E-state index in [0.717, 1.165) is 5.92 Å². The maximum absolute atomic E-state index is 4.21. The van der Waals surface area contributed by atoms with E-state index in [9.17, 15) is 0 Å². The van der Waals surface area contributed by atoms with Gasteiger partial charge in [-0.05, 0) is 52.8 Å². The van der Waals surface area contributed by atoms with Crippen molar-refractivity contribution in [3.63, 3.8) is 0 Å². The van der Waals surface area contributed by atoms with E-state index in [-0.39, 0.29) is 0 Å². The average Bonchev–Trinajstić information content (AvgIpc) is 2.23. The maximum Gasteiger partial charge on any atom is -0.0164 e. The third kappa shape index (κ3) is 3.68. The van der Waals surface area contributed by atoms with Crippen LogP contribution in [0.15, 0.2) is 12.7 Å². The molecule has 0 spiro atoms. The van der Waals surface area contributed by atoms with Crippen molar-refractivity contribution >= 4 is 0 Å². The van der Waals surface area contributed by atoms with Gasteiger partial charge in [0.15, 0.2) is 0 Å². The van der Waals surface area contributed by atoms with Crippen LogP contribution in [0.1, 0.15) is 68.7 Å². The van der Waals surface area contributed by atoms with Crippen LogP contribution in [0.4, 0.5) is 0 Å². The molecule has 0 aromatic rings. The van der Waals surface area contributed by atoms with Crippen molar-refractivity contribution < 1.29 is 0 Å². The zero-order chi connectivity index (χ0) is 15.9. The molecule has 1 rings (SSSR count). The second-order valence-electron chi connectivity index (χ2n) is 10.0. The quantitative estimate of drug-likeness (QED) is 0.488. The monoisotopic (exact) mass is 277 g/mol. The molecule has 20 heavy (non-hydrogen) atoms. The lowest BCUT2D eigenvalue weighted by atomic mass is 9.50. The van der Waals surface area contributed by atoms with Crippen molar-refractivity contribution in [1.29, 1.82) is 0 Å². The highest BCUT2D eigenvalue weighted by molar-refractivity contribution is 5.09. The zero-order valence-electron chi connectivity index (χ0n) is 15.4. The van der Waals surface area contributed by atoms with Gasteiger partial charge in [0.25, 0.3) is 0 Å². The van der Waals surface area contributed by atoms with E-state index in [1.165, 1.54) is 6.42 Å². The molecule has 0 aromatic carbocycles. The van der Waals surface area contributed by atoms with Crippen LogP contribution in [-0.4, -0.2) is 0 Å². The van der Waals surface area contributed by atoms with Crippen LogP contribution in [0.25, 0.3) is 0 Å². The molecular formula is C20H37. The molecule has 1 saturated carbocycles. The second-order valence-corrected chi connectivity index (χ2v) is 10.0. The summed E-state index contributed by atoms with van der Waals surface area (Å²) in [5, 5.41) is 0. The van der Waals surface area contributed by atoms with E-state index in [1.807, 2.05) is 0 Å². The van der Waals surface area contributed by atoms with Crippen molar-refractivity contribution in [1.82, 2.24) is 0 Å². The van der Waals surface area contributed by atoms with E-state index in [1.54, 1.807) is 0 Å². The molecule has 0 aromatic heterocycles. The standard InChI is InChI=1S/C20H37/c1-11-14-15(18(2,3)4)12-13-16(19(5,6)7)17(14)20(8,9)10/h11-12,14-17H,1,13H2,2-10H3. The Morgan fingerprint density at radius 1 is 0.850 bits per heavy atom. The predicted molar refractivity (Wildman–Crippen MR) is 91.4 cm³/mol. The number of allylic oxidation sites excluding steroid dienone is 1. The molecule has 0 bridgehead atoms. The Morgan fingerprint density at radius 3 is 1.65 bits per heavy atom. The van der Waals surface area contributed by atoms with Crippen LogP contribution in [0.2, 0.25) is 0 Å². The normalized spacial score (nSPS) is 33.0. The van der Waals surface area contributed by atoms with Gasteiger partial charge in [0.2, 0.25) is 0 Å². The lowest BCUT2D eigenvalue weighted by Gasteiger charge is -2.55. The molecule has 0 nitrogen and oxygen atoms in total. The van der Waals surface area contributed by atoms with Gasteiger partial charge in [-0.1, -0.05) is 68.4 Å². The maximum atomic E-state index is 4.21. The van der Waals surface area contributed by atoms with Gasteiger partial charge >= 0.3 is 0 Å². The summed E-state index contributed by atoms with van der Waals surface area (Å²) in [5.74, 6) is 2.68. The Labute approximate surface area is 128 Å². The first-order chi connectivity index (χ1) is 8.80. The van der Waals surface area contributed by atoms with Crippen LogP contribution in [0, 0.1) is 46.3 Å². The molecule has 0 saturated heterocycles. The molecule has 0 heterocycles. The van der Waals surface area contributed by atoms with Crippen LogP contribution in [-0.2, 0) is 0 Å². The van der Waals surface area contributed by atoms with E-state index in [2.05, 4.69) is 81.4 Å². The topological polar surface area (TPSA) is 0 Å². The molecule has 0 amide bonds. The molecule has 0 heteroatoms. The largest absolute Gasteiger partial charge is 0.103 e. The Kier molecular flexibility index (Phi) is 4.89. The Balaban J connectivity index is 3.24. The first-order valence-corrected chi connectivity index (χ1v) is 8.26. The smallest absolute Gasteiger partial charge is 0.0164 e. The summed E-state index contributed by atoms with van der Waals surface area (Å²) in [7, 11) is 0. The van der Waals surface area contributed by atoms with Crippen molar-refractivity contribution in [3.8, 4) is 0 Å². The Bertz CT molecular complexity index is 329. The number of hydrogen-bond acceptors (Lipinski definition) is 0. The first-order valence-electron chi connectivity index (χ1n) is 8.26. The van der Waals surface area contributed by atoms with Gasteiger partial charge in [-0.25, -0.2) is 0 Å². The minimum atomic E-state index is 0.325. The molecule has 4 atom stereocenters. The van der Waals surface area contributed by atoms with Crippen molar-refractivity contribution in [2.24, 2.45) is 39.9 Å². The molecule has 4 unspecified atom stereocenters. The van der Waals surface area contributed by atoms with Crippen molar-refractivity contribution in [2.75, 3.05) is 0 Å². The SMILES string of the molecule is C=CC1C(C(C)(C)C)[CH]CC(C(C)(C)C)C1C(C)(C)C. The van der Waals surface area contributed by atoms with E-state index in [0.29, 0.717) is 34.0 Å². The highest BCUT2D eigenvalue weighted by atomic mass is 14.5. The summed E-state index contributed by atoms with van der Waals surface area (Å²) < 4.78 is 0. The van der Waals surface area contributed by atoms with Crippen molar-refractivity contribution in [2.45, 2.75) is 68.7 Å². The summed E-state index contributed by atoms with van der Waals surface area (Å²) in [6.45, 7) is 25.8. The van der Waals surface area contributed by atoms with Gasteiger partial charge in [0.05, 0.1) is 0 Å². The van der Waals surface area contributed by atoms with E-state index < -0.39 is 0 Å². The summed E-state index contributed by atoms with van der Waals surface area (Å²) in [4.78, 5) is 0. The van der Waals surface area contributed by atoms with E-state index >= 15 is 0 Å². The lowest BCUT2D eigenvalue weighted by molar-refractivity contribution is -0.0236. The van der Waals surface area contributed by atoms with Gasteiger partial charge in [0, 0.05) is 0 Å². The molecule has 117 valence electrons. The summed E-state index contributed by atoms with van der Waals surface area (Å²) in [6.07, 6.45) is 6.10. The highest BCUT2D eigenvalue weighted by Crippen LogP contribution is 2.56. The van der Waals surface area contributed by atoms with Crippen LogP contribution >= 0.6 is 0 Å². The Hall–Kier alpha value is -0.260. The summed E-state index contributed by atoms with van der Waals surface area (Å²) >= 11 is 0. The predicted octanol–water partition coefficient (Wildman–Crippen LogP) is 6.38. The van der Waals surface area contributed by atoms with E-state index in [4.69, 9.17) is 0 Å². The van der Waals surface area contributed by atoms with Crippen LogP contribution in [0.5, 0.6) is 0 Å². The summed E-state index contributed by atoms with van der Waals surface area (Å²) in [6, 6.07) is 0. The minimum absolute atomic E-state index is 0.325. The van der Waals surface area contributed by atoms with Gasteiger partial charge in [-0.3, -0.25) is 0 Å². The minimum Gasteiger partial charge on any atom is -0.103 e. The lowest BCUT2D eigenvalue weighted by Crippen LogP contribution is -2.48. The van der Waals surface area contributed by atoms with Gasteiger partial charge in [-0.2, -0.15) is 0 Å². The molecule has 1 radical (unpaired) electrons.